The molecule has 4 heteroatoms. The third kappa shape index (κ3) is 3.60. The van der Waals surface area contributed by atoms with E-state index in [1.807, 2.05) is 30.3 Å². The van der Waals surface area contributed by atoms with Gasteiger partial charge >= 0.3 is 0 Å². The fourth-order valence-electron chi connectivity index (χ4n) is 3.25. The Bertz CT molecular complexity index is 699. The number of nitrogens with two attached hydrogens (primary N) is 1. The molecule has 0 saturated heterocycles. The minimum atomic E-state index is -0.139. The number of nitrogens with one attached hydrogen (secondary N) is 1. The second-order valence-electron chi connectivity index (χ2n) is 6.92. The van der Waals surface area contributed by atoms with Crippen molar-refractivity contribution < 1.29 is 9.90 Å². The summed E-state index contributed by atoms with van der Waals surface area (Å²) >= 11 is 0. The van der Waals surface area contributed by atoms with Gasteiger partial charge in [0.15, 0.2) is 0 Å². The van der Waals surface area contributed by atoms with Gasteiger partial charge in [-0.05, 0) is 36.1 Å². The molecule has 1 amide bonds. The quantitative estimate of drug-likeness (QED) is 0.763. The van der Waals surface area contributed by atoms with Gasteiger partial charge in [-0.2, -0.15) is 0 Å². The first-order valence-corrected chi connectivity index (χ1v) is 8.36. The maximum Gasteiger partial charge on any atom is 0.224 e. The van der Waals surface area contributed by atoms with Gasteiger partial charge in [-0.25, -0.2) is 0 Å². The molecule has 0 radical (unpaired) electrons. The van der Waals surface area contributed by atoms with Crippen molar-refractivity contribution in [2.24, 2.45) is 11.7 Å². The van der Waals surface area contributed by atoms with Crippen molar-refractivity contribution in [2.75, 3.05) is 6.54 Å². The van der Waals surface area contributed by atoms with Crippen LogP contribution in [0.4, 0.5) is 0 Å². The first-order chi connectivity index (χ1) is 11.5. The van der Waals surface area contributed by atoms with E-state index in [2.05, 4.69) is 24.4 Å². The van der Waals surface area contributed by atoms with Crippen molar-refractivity contribution in [1.29, 1.82) is 0 Å². The summed E-state index contributed by atoms with van der Waals surface area (Å²) in [5.41, 5.74) is 8.34. The number of phenols is 1. The fraction of sp³-hybridized carbons (Fsp3) is 0.350. The summed E-state index contributed by atoms with van der Waals surface area (Å²) in [4.78, 5) is 12.4. The van der Waals surface area contributed by atoms with Gasteiger partial charge < -0.3 is 16.2 Å². The Morgan fingerprint density at radius 3 is 2.58 bits per heavy atom. The molecule has 3 rings (SSSR count). The molecule has 0 spiro atoms. The zero-order valence-electron chi connectivity index (χ0n) is 13.9. The van der Waals surface area contributed by atoms with Gasteiger partial charge in [-0.3, -0.25) is 4.79 Å². The van der Waals surface area contributed by atoms with E-state index in [-0.39, 0.29) is 29.0 Å². The summed E-state index contributed by atoms with van der Waals surface area (Å²) in [6, 6.07) is 17.1. The lowest BCUT2D eigenvalue weighted by Crippen LogP contribution is -2.40. The van der Waals surface area contributed by atoms with Crippen molar-refractivity contribution in [3.8, 4) is 5.75 Å². The Morgan fingerprint density at radius 2 is 1.92 bits per heavy atom. The molecular weight excluding hydrogens is 300 g/mol. The Hall–Kier alpha value is -2.33. The summed E-state index contributed by atoms with van der Waals surface area (Å²) in [6.45, 7) is 2.60. The smallest absolute Gasteiger partial charge is 0.224 e. The highest BCUT2D eigenvalue weighted by molar-refractivity contribution is 5.84. The van der Waals surface area contributed by atoms with Crippen LogP contribution in [0.1, 0.15) is 24.5 Å². The molecule has 3 atom stereocenters. The standard InChI is InChI=1S/C20H24N2O2/c1-20(15-5-3-2-4-6-15)12-18(20)19(24)22-13-16(21)11-14-7-9-17(23)10-8-14/h2-10,16,18,23H,11-13,21H2,1H3,(H,22,24)/t16?,18-,20-/m0/s1. The SMILES string of the molecule is C[C@@]1(c2ccccc2)C[C@H]1C(=O)NCC(N)Cc1ccc(O)cc1. The number of phenolic OH excluding ortho intramolecular Hbond substituents is 1. The number of hydrogen-bond acceptors (Lipinski definition) is 3. The van der Waals surface area contributed by atoms with E-state index in [1.165, 1.54) is 5.56 Å². The van der Waals surface area contributed by atoms with Crippen LogP contribution in [0.2, 0.25) is 0 Å². The van der Waals surface area contributed by atoms with Gasteiger partial charge in [0, 0.05) is 23.9 Å². The minimum absolute atomic E-state index is 0.0285. The van der Waals surface area contributed by atoms with Gasteiger partial charge in [0.25, 0.3) is 0 Å². The number of aromatic hydroxyl groups is 1. The largest absolute Gasteiger partial charge is 0.508 e. The monoisotopic (exact) mass is 324 g/mol. The second-order valence-corrected chi connectivity index (χ2v) is 6.92. The number of hydrogen-bond donors (Lipinski definition) is 3. The van der Waals surface area contributed by atoms with Crippen LogP contribution in [0.3, 0.4) is 0 Å². The highest BCUT2D eigenvalue weighted by Gasteiger charge is 2.55. The number of rotatable bonds is 6. The zero-order chi connectivity index (χ0) is 17.2. The molecule has 1 unspecified atom stereocenters. The van der Waals surface area contributed by atoms with E-state index in [0.717, 1.165) is 12.0 Å². The van der Waals surface area contributed by atoms with Gasteiger partial charge in [0.1, 0.15) is 5.75 Å². The van der Waals surface area contributed by atoms with Crippen molar-refractivity contribution in [3.63, 3.8) is 0 Å². The Balaban J connectivity index is 1.49. The predicted octanol–water partition coefficient (Wildman–Crippen LogP) is 2.36. The molecule has 0 aromatic heterocycles. The molecule has 0 bridgehead atoms. The Labute approximate surface area is 142 Å². The third-order valence-corrected chi connectivity index (χ3v) is 4.96. The summed E-state index contributed by atoms with van der Waals surface area (Å²) in [5, 5.41) is 12.3. The van der Waals surface area contributed by atoms with Crippen LogP contribution in [-0.2, 0) is 16.6 Å². The molecule has 1 aliphatic carbocycles. The van der Waals surface area contributed by atoms with Crippen molar-refractivity contribution in [1.82, 2.24) is 5.32 Å². The van der Waals surface area contributed by atoms with E-state index >= 15 is 0 Å². The van der Waals surface area contributed by atoms with Gasteiger partial charge in [0.2, 0.25) is 5.91 Å². The van der Waals surface area contributed by atoms with Gasteiger partial charge in [-0.15, -0.1) is 0 Å². The van der Waals surface area contributed by atoms with Crippen LogP contribution in [0.5, 0.6) is 5.75 Å². The first kappa shape index (κ1) is 16.5. The normalized spacial score (nSPS) is 23.5. The number of amides is 1. The lowest BCUT2D eigenvalue weighted by atomic mass is 9.95. The van der Waals surface area contributed by atoms with Crippen LogP contribution in [0, 0.1) is 5.92 Å². The first-order valence-electron chi connectivity index (χ1n) is 8.36. The van der Waals surface area contributed by atoms with E-state index in [0.29, 0.717) is 13.0 Å². The molecule has 4 N–H and O–H groups in total. The van der Waals surface area contributed by atoms with Gasteiger partial charge in [-0.1, -0.05) is 49.4 Å². The summed E-state index contributed by atoms with van der Waals surface area (Å²) < 4.78 is 0. The predicted molar refractivity (Wildman–Crippen MR) is 94.7 cm³/mol. The molecule has 2 aromatic carbocycles. The van der Waals surface area contributed by atoms with Crippen LogP contribution < -0.4 is 11.1 Å². The molecule has 1 fully saturated rings. The highest BCUT2D eigenvalue weighted by atomic mass is 16.3. The Kier molecular flexibility index (Phi) is 4.58. The Morgan fingerprint density at radius 1 is 1.25 bits per heavy atom. The molecule has 0 aliphatic heterocycles. The van der Waals surface area contributed by atoms with E-state index < -0.39 is 0 Å². The van der Waals surface area contributed by atoms with Crippen LogP contribution in [-0.4, -0.2) is 23.6 Å². The summed E-state index contributed by atoms with van der Waals surface area (Å²) in [6.07, 6.45) is 1.55. The molecule has 0 heterocycles. The topological polar surface area (TPSA) is 75.4 Å². The molecule has 24 heavy (non-hydrogen) atoms. The van der Waals surface area contributed by atoms with Crippen LogP contribution in [0.25, 0.3) is 0 Å². The van der Waals surface area contributed by atoms with E-state index in [4.69, 9.17) is 5.73 Å². The second kappa shape index (κ2) is 6.65. The lowest BCUT2D eigenvalue weighted by molar-refractivity contribution is -0.122. The van der Waals surface area contributed by atoms with E-state index in [1.54, 1.807) is 12.1 Å². The number of benzene rings is 2. The zero-order valence-corrected chi connectivity index (χ0v) is 13.9. The van der Waals surface area contributed by atoms with Crippen molar-refractivity contribution >= 4 is 5.91 Å². The van der Waals surface area contributed by atoms with Gasteiger partial charge in [0.05, 0.1) is 0 Å². The highest BCUT2D eigenvalue weighted by Crippen LogP contribution is 2.53. The average molecular weight is 324 g/mol. The molecule has 1 aliphatic rings. The third-order valence-electron chi connectivity index (χ3n) is 4.96. The van der Waals surface area contributed by atoms with Crippen LogP contribution >= 0.6 is 0 Å². The van der Waals surface area contributed by atoms with Crippen molar-refractivity contribution in [3.05, 3.63) is 65.7 Å². The lowest BCUT2D eigenvalue weighted by Gasteiger charge is -2.15. The molecular formula is C20H24N2O2. The molecule has 4 nitrogen and oxygen atoms in total. The molecule has 126 valence electrons. The molecule has 2 aromatic rings. The number of carbonyl (C=O) groups excluding carboxylic acids is 1. The average Bonchev–Trinajstić information content (AvgIpc) is 3.29. The van der Waals surface area contributed by atoms with E-state index in [9.17, 15) is 9.90 Å². The molecule has 1 saturated carbocycles. The van der Waals surface area contributed by atoms with Crippen LogP contribution in [0.15, 0.2) is 54.6 Å². The summed E-state index contributed by atoms with van der Waals surface area (Å²) in [5.74, 6) is 0.359. The fourth-order valence-corrected chi connectivity index (χ4v) is 3.25. The maximum absolute atomic E-state index is 12.4. The van der Waals surface area contributed by atoms with Crippen molar-refractivity contribution in [2.45, 2.75) is 31.2 Å². The summed E-state index contributed by atoms with van der Waals surface area (Å²) in [7, 11) is 0. The maximum atomic E-state index is 12.4. The number of carbonyl (C=O) groups is 1. The minimum Gasteiger partial charge on any atom is -0.508 e.